The Balaban J connectivity index is 1.76. The lowest BCUT2D eigenvalue weighted by Gasteiger charge is -2.21. The van der Waals surface area contributed by atoms with Gasteiger partial charge >= 0.3 is 0 Å². The summed E-state index contributed by atoms with van der Waals surface area (Å²) >= 11 is 5.86. The van der Waals surface area contributed by atoms with E-state index in [4.69, 9.17) is 16.3 Å². The van der Waals surface area contributed by atoms with Crippen LogP contribution in [0, 0.1) is 0 Å². The lowest BCUT2D eigenvalue weighted by molar-refractivity contribution is 0.340. The van der Waals surface area contributed by atoms with Gasteiger partial charge in [-0.15, -0.1) is 0 Å². The highest BCUT2D eigenvalue weighted by molar-refractivity contribution is 7.89. The quantitative estimate of drug-likeness (QED) is 0.508. The van der Waals surface area contributed by atoms with E-state index < -0.39 is 10.0 Å². The van der Waals surface area contributed by atoms with Crippen molar-refractivity contribution in [1.82, 2.24) is 4.72 Å². The van der Waals surface area contributed by atoms with Crippen LogP contribution in [0.2, 0.25) is 5.02 Å². The Morgan fingerprint density at radius 2 is 1.59 bits per heavy atom. The van der Waals surface area contributed by atoms with Gasteiger partial charge in [0.1, 0.15) is 5.75 Å². The summed E-state index contributed by atoms with van der Waals surface area (Å²) in [4.78, 5) is 0.176. The van der Waals surface area contributed by atoms with Crippen molar-refractivity contribution in [2.45, 2.75) is 17.9 Å². The zero-order valence-electron chi connectivity index (χ0n) is 16.0. The Bertz CT molecular complexity index is 1010. The standard InChI is InChI=1S/C22H23ClN2O3S/c1-2-28-20-12-10-19(11-13-20)25-22(17-6-4-3-5-7-17)16-24-29(26,27)21-14-8-18(23)9-15-21/h3-15,22,24-25H,2,16H2,1H3/t22-/m1/s1. The molecule has 2 N–H and O–H groups in total. The molecule has 0 heterocycles. The Hall–Kier alpha value is -2.54. The monoisotopic (exact) mass is 430 g/mol. The number of benzene rings is 3. The van der Waals surface area contributed by atoms with E-state index in [2.05, 4.69) is 10.0 Å². The van der Waals surface area contributed by atoms with Crippen molar-refractivity contribution in [3.63, 3.8) is 0 Å². The molecular weight excluding hydrogens is 408 g/mol. The molecule has 0 spiro atoms. The van der Waals surface area contributed by atoms with Crippen LogP contribution in [0.4, 0.5) is 5.69 Å². The molecule has 29 heavy (non-hydrogen) atoms. The maximum atomic E-state index is 12.6. The maximum Gasteiger partial charge on any atom is 0.240 e. The minimum Gasteiger partial charge on any atom is -0.494 e. The lowest BCUT2D eigenvalue weighted by atomic mass is 10.1. The largest absolute Gasteiger partial charge is 0.494 e. The van der Waals surface area contributed by atoms with E-state index in [1.54, 1.807) is 12.1 Å². The van der Waals surface area contributed by atoms with Gasteiger partial charge in [-0.25, -0.2) is 13.1 Å². The third-order valence-corrected chi connectivity index (χ3v) is 6.00. The summed E-state index contributed by atoms with van der Waals surface area (Å²) < 4.78 is 33.5. The van der Waals surface area contributed by atoms with Crippen LogP contribution < -0.4 is 14.8 Å². The van der Waals surface area contributed by atoms with Crippen molar-refractivity contribution in [3.05, 3.63) is 89.4 Å². The molecule has 152 valence electrons. The number of ether oxygens (including phenoxy) is 1. The van der Waals surface area contributed by atoms with Gasteiger partial charge in [-0.1, -0.05) is 41.9 Å². The Labute approximate surface area is 176 Å². The number of nitrogens with one attached hydrogen (secondary N) is 2. The van der Waals surface area contributed by atoms with Gasteiger partial charge in [0, 0.05) is 17.3 Å². The summed E-state index contributed by atoms with van der Waals surface area (Å²) in [5.74, 6) is 0.790. The van der Waals surface area contributed by atoms with Crippen LogP contribution in [0.5, 0.6) is 5.75 Å². The molecule has 0 unspecified atom stereocenters. The molecule has 0 saturated heterocycles. The van der Waals surface area contributed by atoms with E-state index in [1.807, 2.05) is 61.5 Å². The Kier molecular flexibility index (Phi) is 7.14. The topological polar surface area (TPSA) is 67.4 Å². The van der Waals surface area contributed by atoms with Gasteiger partial charge in [-0.3, -0.25) is 0 Å². The van der Waals surface area contributed by atoms with Gasteiger partial charge in [0.25, 0.3) is 0 Å². The number of rotatable bonds is 9. The van der Waals surface area contributed by atoms with E-state index >= 15 is 0 Å². The summed E-state index contributed by atoms with van der Waals surface area (Å²) in [7, 11) is -3.66. The summed E-state index contributed by atoms with van der Waals surface area (Å²) in [5.41, 5.74) is 1.84. The van der Waals surface area contributed by atoms with Crippen LogP contribution in [0.25, 0.3) is 0 Å². The van der Waals surface area contributed by atoms with E-state index in [-0.39, 0.29) is 17.5 Å². The van der Waals surface area contributed by atoms with Crippen molar-refractivity contribution < 1.29 is 13.2 Å². The van der Waals surface area contributed by atoms with Crippen LogP contribution in [-0.2, 0) is 10.0 Å². The fourth-order valence-corrected chi connectivity index (χ4v) is 4.02. The van der Waals surface area contributed by atoms with Crippen LogP contribution in [0.3, 0.4) is 0 Å². The van der Waals surface area contributed by atoms with E-state index in [9.17, 15) is 8.42 Å². The molecule has 0 bridgehead atoms. The molecule has 0 aromatic heterocycles. The summed E-state index contributed by atoms with van der Waals surface area (Å²) in [5, 5.41) is 3.88. The van der Waals surface area contributed by atoms with E-state index in [1.165, 1.54) is 12.1 Å². The molecular formula is C22H23ClN2O3S. The molecule has 1 atom stereocenters. The third kappa shape index (κ3) is 5.97. The van der Waals surface area contributed by atoms with Gasteiger partial charge in [0.15, 0.2) is 0 Å². The molecule has 5 nitrogen and oxygen atoms in total. The first-order valence-electron chi connectivity index (χ1n) is 9.27. The highest BCUT2D eigenvalue weighted by atomic mass is 35.5. The summed E-state index contributed by atoms with van der Waals surface area (Å²) in [6, 6.07) is 23.1. The van der Waals surface area contributed by atoms with E-state index in [0.717, 1.165) is 17.0 Å². The Morgan fingerprint density at radius 1 is 0.931 bits per heavy atom. The smallest absolute Gasteiger partial charge is 0.240 e. The van der Waals surface area contributed by atoms with Gasteiger partial charge in [0.2, 0.25) is 10.0 Å². The predicted octanol–water partition coefficient (Wildman–Crippen LogP) is 4.87. The molecule has 3 rings (SSSR count). The molecule has 0 aliphatic rings. The zero-order chi connectivity index (χ0) is 20.7. The molecule has 0 saturated carbocycles. The van der Waals surface area contributed by atoms with Crippen LogP contribution in [0.15, 0.2) is 83.8 Å². The Morgan fingerprint density at radius 3 is 2.21 bits per heavy atom. The molecule has 0 aliphatic carbocycles. The third-order valence-electron chi connectivity index (χ3n) is 4.31. The zero-order valence-corrected chi connectivity index (χ0v) is 17.6. The number of halogens is 1. The predicted molar refractivity (Wildman–Crippen MR) is 117 cm³/mol. The van der Waals surface area contributed by atoms with E-state index in [0.29, 0.717) is 11.6 Å². The normalized spacial score (nSPS) is 12.3. The first-order chi connectivity index (χ1) is 14.0. The SMILES string of the molecule is CCOc1ccc(N[C@H](CNS(=O)(=O)c2ccc(Cl)cc2)c2ccccc2)cc1. The molecule has 3 aromatic rings. The molecule has 3 aromatic carbocycles. The second-order valence-electron chi connectivity index (χ2n) is 6.37. The van der Waals surface area contributed by atoms with Crippen LogP contribution in [0.1, 0.15) is 18.5 Å². The maximum absolute atomic E-state index is 12.6. The van der Waals surface area contributed by atoms with Gasteiger partial charge in [-0.2, -0.15) is 0 Å². The fraction of sp³-hybridized carbons (Fsp3) is 0.182. The van der Waals surface area contributed by atoms with Gasteiger partial charge in [0.05, 0.1) is 17.5 Å². The average Bonchev–Trinajstić information content (AvgIpc) is 2.73. The molecule has 0 radical (unpaired) electrons. The van der Waals surface area contributed by atoms with Crippen molar-refractivity contribution in [1.29, 1.82) is 0 Å². The highest BCUT2D eigenvalue weighted by Gasteiger charge is 2.18. The average molecular weight is 431 g/mol. The number of anilines is 1. The van der Waals surface area contributed by atoms with Crippen LogP contribution in [-0.4, -0.2) is 21.6 Å². The fourth-order valence-electron chi connectivity index (χ4n) is 2.84. The second-order valence-corrected chi connectivity index (χ2v) is 8.57. The molecule has 7 heteroatoms. The second kappa shape index (κ2) is 9.78. The molecule has 0 amide bonds. The van der Waals surface area contributed by atoms with Crippen molar-refractivity contribution in [2.75, 3.05) is 18.5 Å². The number of hydrogen-bond acceptors (Lipinski definition) is 4. The minimum absolute atomic E-state index is 0.176. The lowest BCUT2D eigenvalue weighted by Crippen LogP contribution is -2.31. The molecule has 0 aliphatic heterocycles. The number of sulfonamides is 1. The first kappa shape index (κ1) is 21.2. The number of hydrogen-bond donors (Lipinski definition) is 2. The molecule has 0 fully saturated rings. The van der Waals surface area contributed by atoms with Crippen molar-refractivity contribution in [3.8, 4) is 5.75 Å². The van der Waals surface area contributed by atoms with Crippen LogP contribution >= 0.6 is 11.6 Å². The first-order valence-corrected chi connectivity index (χ1v) is 11.1. The summed E-state index contributed by atoms with van der Waals surface area (Å²) in [6.07, 6.45) is 0. The summed E-state index contributed by atoms with van der Waals surface area (Å²) in [6.45, 7) is 2.72. The minimum atomic E-state index is -3.66. The van der Waals surface area contributed by atoms with Crippen molar-refractivity contribution in [2.24, 2.45) is 0 Å². The van der Waals surface area contributed by atoms with Gasteiger partial charge < -0.3 is 10.1 Å². The van der Waals surface area contributed by atoms with Gasteiger partial charge in [-0.05, 0) is 61.0 Å². The van der Waals surface area contributed by atoms with Crippen molar-refractivity contribution >= 4 is 27.3 Å². The highest BCUT2D eigenvalue weighted by Crippen LogP contribution is 2.22.